The van der Waals surface area contributed by atoms with Crippen molar-refractivity contribution in [3.63, 3.8) is 0 Å². The zero-order chi connectivity index (χ0) is 29.3. The van der Waals surface area contributed by atoms with E-state index in [-0.39, 0.29) is 13.0 Å². The summed E-state index contributed by atoms with van der Waals surface area (Å²) in [5.74, 6) is -1.39. The monoisotopic (exact) mass is 564 g/mol. The van der Waals surface area contributed by atoms with E-state index in [0.717, 1.165) is 25.7 Å². The number of aromatic nitrogens is 2. The van der Waals surface area contributed by atoms with Crippen molar-refractivity contribution in [3.8, 4) is 0 Å². The average Bonchev–Trinajstić information content (AvgIpc) is 3.47. The van der Waals surface area contributed by atoms with E-state index in [2.05, 4.69) is 27.5 Å². The molecule has 2 atom stereocenters. The summed E-state index contributed by atoms with van der Waals surface area (Å²) in [5.41, 5.74) is 11.6. The van der Waals surface area contributed by atoms with E-state index in [9.17, 15) is 14.4 Å². The molecule has 0 fully saturated rings. The molecule has 0 bridgehead atoms. The van der Waals surface area contributed by atoms with Gasteiger partial charge in [-0.05, 0) is 32.2 Å². The molecular weight excluding hydrogens is 508 g/mol. The molecule has 2 amide bonds. The first-order chi connectivity index (χ1) is 19.5. The van der Waals surface area contributed by atoms with Gasteiger partial charge in [-0.1, -0.05) is 90.4 Å². The van der Waals surface area contributed by atoms with Crippen LogP contribution in [0.4, 0.5) is 0 Å². The van der Waals surface area contributed by atoms with E-state index in [1.807, 2.05) is 0 Å². The predicted molar refractivity (Wildman–Crippen MR) is 159 cm³/mol. The highest BCUT2D eigenvalue weighted by Crippen LogP contribution is 2.13. The minimum Gasteiger partial charge on any atom is -0.464 e. The van der Waals surface area contributed by atoms with Gasteiger partial charge >= 0.3 is 5.97 Å². The van der Waals surface area contributed by atoms with Crippen molar-refractivity contribution in [2.24, 2.45) is 11.5 Å². The van der Waals surface area contributed by atoms with Crippen molar-refractivity contribution in [3.05, 3.63) is 18.2 Å². The Hall–Kier alpha value is -2.46. The molecule has 0 saturated heterocycles. The van der Waals surface area contributed by atoms with Gasteiger partial charge in [-0.15, -0.1) is 0 Å². The van der Waals surface area contributed by atoms with Gasteiger partial charge in [0.15, 0.2) is 0 Å². The van der Waals surface area contributed by atoms with Gasteiger partial charge in [0.1, 0.15) is 12.1 Å². The second-order valence-corrected chi connectivity index (χ2v) is 10.7. The Balaban J connectivity index is 2.33. The molecule has 0 radical (unpaired) electrons. The topological polar surface area (TPSA) is 165 Å². The van der Waals surface area contributed by atoms with Gasteiger partial charge in [-0.3, -0.25) is 9.59 Å². The van der Waals surface area contributed by atoms with Gasteiger partial charge in [0.05, 0.1) is 25.2 Å². The Kier molecular flexibility index (Phi) is 21.6. The third kappa shape index (κ3) is 18.0. The van der Waals surface area contributed by atoms with Gasteiger partial charge in [0.25, 0.3) is 0 Å². The smallest absolute Gasteiger partial charge is 0.328 e. The van der Waals surface area contributed by atoms with Crippen LogP contribution < -0.4 is 22.1 Å². The van der Waals surface area contributed by atoms with Crippen LogP contribution in [0.5, 0.6) is 0 Å². The number of nitrogens with zero attached hydrogens (tertiary/aromatic N) is 1. The summed E-state index contributed by atoms with van der Waals surface area (Å²) < 4.78 is 5.52. The minimum absolute atomic E-state index is 0.171. The third-order valence-corrected chi connectivity index (χ3v) is 7.10. The van der Waals surface area contributed by atoms with E-state index in [1.54, 1.807) is 6.20 Å². The zero-order valence-electron chi connectivity index (χ0n) is 24.9. The number of nitrogens with two attached hydrogens (primary N) is 2. The maximum Gasteiger partial charge on any atom is 0.328 e. The Labute approximate surface area is 241 Å². The Bertz CT molecular complexity index is 774. The zero-order valence-corrected chi connectivity index (χ0v) is 24.9. The van der Waals surface area contributed by atoms with E-state index in [4.69, 9.17) is 16.2 Å². The van der Waals surface area contributed by atoms with Crippen molar-refractivity contribution >= 4 is 17.8 Å². The second kappa shape index (κ2) is 24.3. The number of esters is 1. The number of aromatic amines is 1. The number of hydrogen-bond donors (Lipinski definition) is 5. The fourth-order valence-corrected chi connectivity index (χ4v) is 4.66. The number of carbonyl (C=O) groups is 3. The molecule has 7 N–H and O–H groups in total. The Morgan fingerprint density at radius 1 is 0.825 bits per heavy atom. The highest BCUT2D eigenvalue weighted by Gasteiger charge is 2.28. The molecule has 10 heteroatoms. The molecule has 1 aromatic heterocycles. The summed E-state index contributed by atoms with van der Waals surface area (Å²) in [6.07, 6.45) is 22.8. The van der Waals surface area contributed by atoms with Crippen molar-refractivity contribution in [2.45, 2.75) is 135 Å². The van der Waals surface area contributed by atoms with E-state index >= 15 is 0 Å². The van der Waals surface area contributed by atoms with Crippen LogP contribution in [0.3, 0.4) is 0 Å². The molecule has 0 unspecified atom stereocenters. The SMILES string of the molecule is CCCCCCCCCCCCCCCCOC(=O)[C@H](CCCCN)NC(=O)[C@H](Cc1c[nH]cn1)NC(=O)CN. The highest BCUT2D eigenvalue weighted by molar-refractivity contribution is 5.91. The summed E-state index contributed by atoms with van der Waals surface area (Å²) in [6.45, 7) is 2.85. The molecule has 0 aliphatic heterocycles. The van der Waals surface area contributed by atoms with Crippen LogP contribution in [-0.4, -0.2) is 59.5 Å². The van der Waals surface area contributed by atoms with Gasteiger partial charge in [0, 0.05) is 12.6 Å². The van der Waals surface area contributed by atoms with Gasteiger partial charge in [-0.25, -0.2) is 9.78 Å². The lowest BCUT2D eigenvalue weighted by Gasteiger charge is -2.22. The molecular formula is C30H56N6O4. The summed E-state index contributed by atoms with van der Waals surface area (Å²) in [4.78, 5) is 44.7. The van der Waals surface area contributed by atoms with Crippen molar-refractivity contribution in [1.82, 2.24) is 20.6 Å². The lowest BCUT2D eigenvalue weighted by Crippen LogP contribution is -2.53. The van der Waals surface area contributed by atoms with E-state index in [0.29, 0.717) is 31.7 Å². The number of unbranched alkanes of at least 4 members (excludes halogenated alkanes) is 14. The van der Waals surface area contributed by atoms with Gasteiger partial charge < -0.3 is 31.8 Å². The Morgan fingerprint density at radius 3 is 1.95 bits per heavy atom. The number of rotatable bonds is 26. The van der Waals surface area contributed by atoms with Crippen molar-refractivity contribution < 1.29 is 19.1 Å². The predicted octanol–water partition coefficient (Wildman–Crippen LogP) is 4.03. The molecule has 0 spiro atoms. The molecule has 40 heavy (non-hydrogen) atoms. The quantitative estimate of drug-likeness (QED) is 0.0837. The van der Waals surface area contributed by atoms with Crippen LogP contribution in [0.15, 0.2) is 12.5 Å². The second-order valence-electron chi connectivity index (χ2n) is 10.7. The summed E-state index contributed by atoms with van der Waals surface area (Å²) >= 11 is 0. The molecule has 230 valence electrons. The molecule has 0 aromatic carbocycles. The van der Waals surface area contributed by atoms with Crippen LogP contribution in [0.1, 0.15) is 122 Å². The summed E-state index contributed by atoms with van der Waals surface area (Å²) in [6, 6.07) is -1.71. The number of hydrogen-bond acceptors (Lipinski definition) is 7. The number of ether oxygens (including phenoxy) is 1. The van der Waals surface area contributed by atoms with E-state index in [1.165, 1.54) is 77.0 Å². The summed E-state index contributed by atoms with van der Waals surface area (Å²) in [7, 11) is 0. The lowest BCUT2D eigenvalue weighted by atomic mass is 10.0. The standard InChI is InChI=1S/C30H56N6O4/c1-2-3-4-5-6-7-8-9-10-11-12-13-14-17-20-40-30(39)26(18-15-16-19-31)36-29(38)27(35-28(37)22-32)21-25-23-33-24-34-25/h23-24,26-27H,2-22,31-32H2,1H3,(H,33,34)(H,35,37)(H,36,38)/t26-,27-/m0/s1. The fraction of sp³-hybridized carbons (Fsp3) is 0.800. The number of carbonyl (C=O) groups excluding carboxylic acids is 3. The molecule has 0 aliphatic carbocycles. The van der Waals surface area contributed by atoms with E-state index < -0.39 is 29.9 Å². The third-order valence-electron chi connectivity index (χ3n) is 7.10. The molecule has 10 nitrogen and oxygen atoms in total. The van der Waals surface area contributed by atoms with Gasteiger partial charge in [-0.2, -0.15) is 0 Å². The van der Waals surface area contributed by atoms with Crippen molar-refractivity contribution in [2.75, 3.05) is 19.7 Å². The molecule has 1 heterocycles. The normalized spacial score (nSPS) is 12.6. The molecule has 0 saturated carbocycles. The fourth-order valence-electron chi connectivity index (χ4n) is 4.66. The number of imidazole rings is 1. The lowest BCUT2D eigenvalue weighted by molar-refractivity contribution is -0.148. The van der Waals surface area contributed by atoms with Gasteiger partial charge in [0.2, 0.25) is 11.8 Å². The largest absolute Gasteiger partial charge is 0.464 e. The highest BCUT2D eigenvalue weighted by atomic mass is 16.5. The van der Waals surface area contributed by atoms with Crippen LogP contribution in [0.25, 0.3) is 0 Å². The minimum atomic E-state index is -0.907. The maximum atomic E-state index is 13.0. The first kappa shape index (κ1) is 35.6. The number of nitrogens with one attached hydrogen (secondary N) is 3. The first-order valence-electron chi connectivity index (χ1n) is 15.7. The van der Waals surface area contributed by atoms with Crippen LogP contribution in [0.2, 0.25) is 0 Å². The molecule has 1 aromatic rings. The molecule has 0 aliphatic rings. The maximum absolute atomic E-state index is 13.0. The average molecular weight is 565 g/mol. The number of H-pyrrole nitrogens is 1. The Morgan fingerprint density at radius 2 is 1.43 bits per heavy atom. The van der Waals surface area contributed by atoms with Crippen LogP contribution in [0, 0.1) is 0 Å². The van der Waals surface area contributed by atoms with Crippen LogP contribution >= 0.6 is 0 Å². The summed E-state index contributed by atoms with van der Waals surface area (Å²) in [5, 5.41) is 5.39. The van der Waals surface area contributed by atoms with Crippen molar-refractivity contribution in [1.29, 1.82) is 0 Å². The van der Waals surface area contributed by atoms with Crippen LogP contribution in [-0.2, 0) is 25.5 Å². The first-order valence-corrected chi connectivity index (χ1v) is 15.7. The molecule has 1 rings (SSSR count). The number of amides is 2.